The third-order valence-electron chi connectivity index (χ3n) is 6.58. The number of rotatable bonds is 14. The molecule has 3 unspecified atom stereocenters. The number of carboxylic acids is 1. The van der Waals surface area contributed by atoms with Crippen LogP contribution in [0.15, 0.2) is 53.7 Å². The molecular formula is C28H35N5O6S. The van der Waals surface area contributed by atoms with E-state index in [4.69, 9.17) is 14.6 Å². The smallest absolute Gasteiger partial charge is 0.303 e. The summed E-state index contributed by atoms with van der Waals surface area (Å²) in [6.07, 6.45) is 3.08. The molecule has 1 saturated heterocycles. The molecule has 1 aliphatic heterocycles. The number of tetrazole rings is 1. The normalized spacial score (nSPS) is 18.9. The Balaban J connectivity index is 1.40. The maximum absolute atomic E-state index is 12.5. The lowest BCUT2D eigenvalue weighted by Gasteiger charge is -2.36. The van der Waals surface area contributed by atoms with Gasteiger partial charge in [0.1, 0.15) is 0 Å². The van der Waals surface area contributed by atoms with Crippen molar-refractivity contribution in [3.05, 3.63) is 65.2 Å². The molecule has 214 valence electrons. The Kier molecular flexibility index (Phi) is 11.0. The Morgan fingerprint density at radius 3 is 2.52 bits per heavy atom. The number of aliphatic hydroxyl groups excluding tert-OH is 1. The molecule has 0 aliphatic carbocycles. The quantitative estimate of drug-likeness (QED) is 0.188. The van der Waals surface area contributed by atoms with E-state index in [1.165, 1.54) is 11.8 Å². The van der Waals surface area contributed by atoms with Gasteiger partial charge >= 0.3 is 5.97 Å². The lowest BCUT2D eigenvalue weighted by atomic mass is 10.0. The average Bonchev–Trinajstić information content (AvgIpc) is 3.38. The van der Waals surface area contributed by atoms with Gasteiger partial charge in [-0.05, 0) is 46.5 Å². The average molecular weight is 570 g/mol. The van der Waals surface area contributed by atoms with Gasteiger partial charge in [-0.15, -0.1) is 5.10 Å². The van der Waals surface area contributed by atoms with Crippen molar-refractivity contribution >= 4 is 29.3 Å². The number of carbonyl (C=O) groups is 2. The lowest BCUT2D eigenvalue weighted by molar-refractivity contribution is -0.245. The van der Waals surface area contributed by atoms with Crippen molar-refractivity contribution in [3.8, 4) is 0 Å². The van der Waals surface area contributed by atoms with Crippen LogP contribution in [0.3, 0.4) is 0 Å². The number of hydrogen-bond acceptors (Lipinski definition) is 9. The molecule has 1 aromatic heterocycles. The minimum Gasteiger partial charge on any atom is -0.481 e. The minimum atomic E-state index is -0.790. The molecule has 0 bridgehead atoms. The van der Waals surface area contributed by atoms with Crippen molar-refractivity contribution < 1.29 is 29.3 Å². The summed E-state index contributed by atoms with van der Waals surface area (Å²) in [4.78, 5) is 23.1. The summed E-state index contributed by atoms with van der Waals surface area (Å²) in [5, 5.41) is 33.4. The van der Waals surface area contributed by atoms with Gasteiger partial charge in [-0.1, -0.05) is 61.0 Å². The Bertz CT molecular complexity index is 1250. The summed E-state index contributed by atoms with van der Waals surface area (Å²) in [6.45, 7) is -0.0220. The van der Waals surface area contributed by atoms with E-state index in [9.17, 15) is 14.7 Å². The van der Waals surface area contributed by atoms with Crippen LogP contribution in [-0.4, -0.2) is 54.2 Å². The number of aryl methyl sites for hydroxylation is 1. The van der Waals surface area contributed by atoms with Crippen molar-refractivity contribution in [3.63, 3.8) is 0 Å². The number of nitrogens with one attached hydrogen (secondary N) is 1. The monoisotopic (exact) mass is 569 g/mol. The van der Waals surface area contributed by atoms with Gasteiger partial charge < -0.3 is 25.0 Å². The predicted octanol–water partition coefficient (Wildman–Crippen LogP) is 4.40. The van der Waals surface area contributed by atoms with E-state index in [0.717, 1.165) is 29.5 Å². The highest BCUT2D eigenvalue weighted by Crippen LogP contribution is 2.39. The van der Waals surface area contributed by atoms with E-state index < -0.39 is 12.3 Å². The van der Waals surface area contributed by atoms with Gasteiger partial charge in [0.2, 0.25) is 11.1 Å². The Morgan fingerprint density at radius 2 is 1.82 bits per heavy atom. The van der Waals surface area contributed by atoms with Crippen LogP contribution in [0.25, 0.3) is 0 Å². The molecule has 40 heavy (non-hydrogen) atoms. The second kappa shape index (κ2) is 14.9. The van der Waals surface area contributed by atoms with Crippen LogP contribution in [0.1, 0.15) is 74.0 Å². The number of anilines is 1. The van der Waals surface area contributed by atoms with Crippen molar-refractivity contribution in [2.45, 2.75) is 75.2 Å². The zero-order chi connectivity index (χ0) is 28.3. The number of ether oxygens (including phenoxy) is 2. The van der Waals surface area contributed by atoms with E-state index >= 15 is 0 Å². The number of aromatic nitrogens is 4. The lowest BCUT2D eigenvalue weighted by Crippen LogP contribution is -2.31. The second-order valence-corrected chi connectivity index (χ2v) is 10.7. The largest absolute Gasteiger partial charge is 0.481 e. The predicted molar refractivity (Wildman–Crippen MR) is 148 cm³/mol. The fraction of sp³-hybridized carbons (Fsp3) is 0.464. The SMILES string of the molecule is Cn1nnnc1SCC1CC(c2ccc(CO)cc2)OC(c2cccc(NC(=O)CCCCCCC(=O)O)c2)O1. The molecule has 1 fully saturated rings. The van der Waals surface area contributed by atoms with Gasteiger partial charge in [-0.2, -0.15) is 0 Å². The van der Waals surface area contributed by atoms with Crippen LogP contribution in [0, 0.1) is 0 Å². The Labute approximate surface area is 237 Å². The summed E-state index contributed by atoms with van der Waals surface area (Å²) in [5.74, 6) is -0.251. The van der Waals surface area contributed by atoms with Crippen molar-refractivity contribution in [1.82, 2.24) is 20.2 Å². The number of carboxylic acid groups (broad SMARTS) is 1. The molecule has 0 saturated carbocycles. The van der Waals surface area contributed by atoms with Gasteiger partial charge in [0.15, 0.2) is 6.29 Å². The standard InChI is InChI=1S/C28H35N5O6S/c1-33-28(30-31-32-33)40-18-23-16-24(20-13-11-19(17-34)12-14-20)39-27(38-23)21-7-6-8-22(15-21)29-25(35)9-4-2-3-5-10-26(36)37/h6-8,11-15,23-24,27,34H,2-5,9-10,16-18H2,1H3,(H,29,35)(H,36,37). The van der Waals surface area contributed by atoms with Crippen molar-refractivity contribution in [2.75, 3.05) is 11.1 Å². The fourth-order valence-electron chi connectivity index (χ4n) is 4.44. The van der Waals surface area contributed by atoms with E-state index in [-0.39, 0.29) is 31.1 Å². The maximum atomic E-state index is 12.5. The summed E-state index contributed by atoms with van der Waals surface area (Å²) in [7, 11) is 1.79. The third kappa shape index (κ3) is 8.85. The maximum Gasteiger partial charge on any atom is 0.303 e. The number of hydrogen-bond donors (Lipinski definition) is 3. The number of aliphatic hydroxyl groups is 1. The first-order valence-electron chi connectivity index (χ1n) is 13.4. The van der Waals surface area contributed by atoms with Gasteiger partial charge in [0.25, 0.3) is 0 Å². The van der Waals surface area contributed by atoms with Gasteiger partial charge in [0.05, 0.1) is 18.8 Å². The van der Waals surface area contributed by atoms with Gasteiger partial charge in [-0.3, -0.25) is 9.59 Å². The Hall–Kier alpha value is -3.32. The molecule has 1 amide bonds. The van der Waals surface area contributed by atoms with Gasteiger partial charge in [0, 0.05) is 43.3 Å². The molecule has 3 aromatic rings. The molecule has 3 atom stereocenters. The summed E-state index contributed by atoms with van der Waals surface area (Å²) >= 11 is 1.51. The molecule has 12 heteroatoms. The van der Waals surface area contributed by atoms with Crippen LogP contribution >= 0.6 is 11.8 Å². The number of carbonyl (C=O) groups excluding carboxylic acids is 1. The fourth-order valence-corrected chi connectivity index (χ4v) is 5.30. The van der Waals surface area contributed by atoms with E-state index in [1.54, 1.807) is 11.7 Å². The van der Waals surface area contributed by atoms with Crippen molar-refractivity contribution in [1.29, 1.82) is 0 Å². The third-order valence-corrected chi connectivity index (χ3v) is 7.72. The van der Waals surface area contributed by atoms with E-state index in [2.05, 4.69) is 20.8 Å². The van der Waals surface area contributed by atoms with Crippen LogP contribution in [0.4, 0.5) is 5.69 Å². The first kappa shape index (κ1) is 29.7. The first-order chi connectivity index (χ1) is 19.4. The van der Waals surface area contributed by atoms with E-state index in [1.807, 2.05) is 48.5 Å². The molecule has 2 aromatic carbocycles. The number of nitrogens with zero attached hydrogens (tertiary/aromatic N) is 4. The zero-order valence-electron chi connectivity index (χ0n) is 22.4. The molecule has 11 nitrogen and oxygen atoms in total. The highest BCUT2D eigenvalue weighted by atomic mass is 32.2. The highest BCUT2D eigenvalue weighted by molar-refractivity contribution is 7.99. The minimum absolute atomic E-state index is 0.0220. The van der Waals surface area contributed by atoms with Crippen molar-refractivity contribution in [2.24, 2.45) is 7.05 Å². The van der Waals surface area contributed by atoms with Crippen LogP contribution in [-0.2, 0) is 32.7 Å². The molecule has 3 N–H and O–H groups in total. The molecule has 0 spiro atoms. The number of unbranched alkanes of at least 4 members (excludes halogenated alkanes) is 3. The molecular weight excluding hydrogens is 534 g/mol. The Morgan fingerprint density at radius 1 is 1.05 bits per heavy atom. The number of thioether (sulfide) groups is 1. The first-order valence-corrected chi connectivity index (χ1v) is 14.4. The summed E-state index contributed by atoms with van der Waals surface area (Å²) in [6, 6.07) is 15.2. The van der Waals surface area contributed by atoms with Crippen LogP contribution in [0.5, 0.6) is 0 Å². The van der Waals surface area contributed by atoms with Crippen LogP contribution in [0.2, 0.25) is 0 Å². The van der Waals surface area contributed by atoms with E-state index in [0.29, 0.717) is 42.3 Å². The zero-order valence-corrected chi connectivity index (χ0v) is 23.3. The molecule has 0 radical (unpaired) electrons. The summed E-state index contributed by atoms with van der Waals surface area (Å²) in [5.41, 5.74) is 3.27. The summed E-state index contributed by atoms with van der Waals surface area (Å²) < 4.78 is 14.4. The number of amides is 1. The van der Waals surface area contributed by atoms with Crippen LogP contribution < -0.4 is 5.32 Å². The molecule has 4 rings (SSSR count). The highest BCUT2D eigenvalue weighted by Gasteiger charge is 2.32. The molecule has 1 aliphatic rings. The topological polar surface area (TPSA) is 149 Å². The van der Waals surface area contributed by atoms with Gasteiger partial charge in [-0.25, -0.2) is 4.68 Å². The second-order valence-electron chi connectivity index (χ2n) is 9.73. The number of benzene rings is 2. The molecule has 2 heterocycles. The number of aliphatic carboxylic acids is 1.